The molecule has 0 heterocycles. The van der Waals surface area contributed by atoms with Crippen LogP contribution in [-0.2, 0) is 6.18 Å². The maximum atomic E-state index is 12.5. The third-order valence-corrected chi connectivity index (χ3v) is 4.28. The molecule has 0 aliphatic heterocycles. The van der Waals surface area contributed by atoms with Gasteiger partial charge in [0, 0.05) is 15.6 Å². The van der Waals surface area contributed by atoms with Crippen LogP contribution in [0.5, 0.6) is 5.75 Å². The summed E-state index contributed by atoms with van der Waals surface area (Å²) in [4.78, 5) is 12.0. The number of aromatic hydroxyl groups is 1. The zero-order valence-corrected chi connectivity index (χ0v) is 15.8. The second-order valence-electron chi connectivity index (χ2n) is 5.00. The number of alkyl halides is 3. The number of nitrogens with one attached hydrogen (secondary N) is 1. The van der Waals surface area contributed by atoms with E-state index in [0.717, 1.165) is 24.3 Å². The molecule has 0 saturated carbocycles. The second-order valence-corrected chi connectivity index (χ2v) is 6.77. The number of hydrogen-bond donors (Lipinski definition) is 2. The van der Waals surface area contributed by atoms with Crippen molar-refractivity contribution in [1.82, 2.24) is 5.43 Å². The van der Waals surface area contributed by atoms with E-state index in [4.69, 9.17) is 0 Å². The largest absolute Gasteiger partial charge is 0.506 e. The minimum absolute atomic E-state index is 0.0317. The van der Waals surface area contributed by atoms with Crippen molar-refractivity contribution in [2.45, 2.75) is 13.1 Å². The molecule has 2 aromatic carbocycles. The van der Waals surface area contributed by atoms with Crippen LogP contribution in [0.25, 0.3) is 0 Å². The van der Waals surface area contributed by atoms with E-state index in [-0.39, 0.29) is 11.3 Å². The number of hydrazone groups is 1. The molecule has 0 bridgehead atoms. The second kappa shape index (κ2) is 7.57. The van der Waals surface area contributed by atoms with Gasteiger partial charge in [-0.05, 0) is 59.3 Å². The Labute approximate surface area is 158 Å². The molecule has 132 valence electrons. The molecule has 2 rings (SSSR count). The summed E-state index contributed by atoms with van der Waals surface area (Å²) in [5.41, 5.74) is 2.14. The molecular weight excluding hydrogens is 469 g/mol. The topological polar surface area (TPSA) is 61.7 Å². The molecule has 0 aromatic heterocycles. The van der Waals surface area contributed by atoms with Gasteiger partial charge in [0.2, 0.25) is 0 Å². The van der Waals surface area contributed by atoms with E-state index < -0.39 is 17.6 Å². The average Bonchev–Trinajstić information content (AvgIpc) is 2.55. The SMILES string of the molecule is CC(=NNC(=O)c1ccc(C(F)(F)F)cc1)c1cc(Br)cc(Br)c1O. The zero-order chi connectivity index (χ0) is 18.8. The quantitative estimate of drug-likeness (QED) is 0.475. The fourth-order valence-corrected chi connectivity index (χ4v) is 3.14. The molecule has 0 aliphatic carbocycles. The van der Waals surface area contributed by atoms with Crippen molar-refractivity contribution in [1.29, 1.82) is 0 Å². The molecule has 0 fully saturated rings. The molecule has 9 heteroatoms. The molecule has 2 N–H and O–H groups in total. The zero-order valence-electron chi connectivity index (χ0n) is 12.7. The van der Waals surface area contributed by atoms with Crippen molar-refractivity contribution >= 4 is 43.5 Å². The maximum Gasteiger partial charge on any atom is 0.416 e. The fourth-order valence-electron chi connectivity index (χ4n) is 1.91. The molecule has 0 aliphatic rings. The Kier molecular flexibility index (Phi) is 5.89. The van der Waals surface area contributed by atoms with Gasteiger partial charge in [-0.1, -0.05) is 15.9 Å². The van der Waals surface area contributed by atoms with E-state index in [1.807, 2.05) is 0 Å². The van der Waals surface area contributed by atoms with E-state index in [9.17, 15) is 23.1 Å². The van der Waals surface area contributed by atoms with Gasteiger partial charge >= 0.3 is 6.18 Å². The lowest BCUT2D eigenvalue weighted by Gasteiger charge is -2.08. The summed E-state index contributed by atoms with van der Waals surface area (Å²) < 4.78 is 38.7. The van der Waals surface area contributed by atoms with Gasteiger partial charge in [-0.25, -0.2) is 5.43 Å². The summed E-state index contributed by atoms with van der Waals surface area (Å²) in [5, 5.41) is 13.9. The Morgan fingerprint density at radius 3 is 2.32 bits per heavy atom. The summed E-state index contributed by atoms with van der Waals surface area (Å²) in [7, 11) is 0. The normalized spacial score (nSPS) is 12.2. The first-order chi connectivity index (χ1) is 11.6. The third kappa shape index (κ3) is 4.82. The molecule has 25 heavy (non-hydrogen) atoms. The summed E-state index contributed by atoms with van der Waals surface area (Å²) in [6, 6.07) is 7.04. The average molecular weight is 480 g/mol. The number of amides is 1. The lowest BCUT2D eigenvalue weighted by atomic mass is 10.1. The Bertz CT molecular complexity index is 835. The van der Waals surface area contributed by atoms with Gasteiger partial charge in [-0.15, -0.1) is 0 Å². The summed E-state index contributed by atoms with van der Waals surface area (Å²) >= 11 is 6.47. The van der Waals surface area contributed by atoms with Crippen LogP contribution in [-0.4, -0.2) is 16.7 Å². The highest BCUT2D eigenvalue weighted by atomic mass is 79.9. The van der Waals surface area contributed by atoms with Gasteiger partial charge in [-0.2, -0.15) is 18.3 Å². The highest BCUT2D eigenvalue weighted by Crippen LogP contribution is 2.32. The van der Waals surface area contributed by atoms with Crippen molar-refractivity contribution in [2.24, 2.45) is 5.10 Å². The van der Waals surface area contributed by atoms with Gasteiger partial charge in [0.15, 0.2) is 0 Å². The number of carbonyl (C=O) groups excluding carboxylic acids is 1. The number of halogens is 5. The van der Waals surface area contributed by atoms with Crippen molar-refractivity contribution in [3.05, 3.63) is 62.0 Å². The van der Waals surface area contributed by atoms with E-state index in [2.05, 4.69) is 42.4 Å². The lowest BCUT2D eigenvalue weighted by molar-refractivity contribution is -0.137. The van der Waals surface area contributed by atoms with Crippen LogP contribution in [0.4, 0.5) is 13.2 Å². The number of benzene rings is 2. The van der Waals surface area contributed by atoms with Gasteiger partial charge < -0.3 is 5.11 Å². The van der Waals surface area contributed by atoms with Gasteiger partial charge in [0.05, 0.1) is 15.7 Å². The van der Waals surface area contributed by atoms with Crippen LogP contribution >= 0.6 is 31.9 Å². The van der Waals surface area contributed by atoms with E-state index in [0.29, 0.717) is 20.2 Å². The van der Waals surface area contributed by atoms with Crippen molar-refractivity contribution in [2.75, 3.05) is 0 Å². The molecule has 2 aromatic rings. The van der Waals surface area contributed by atoms with Crippen LogP contribution < -0.4 is 5.43 Å². The lowest BCUT2D eigenvalue weighted by Crippen LogP contribution is -2.19. The summed E-state index contributed by atoms with van der Waals surface area (Å²) in [5.74, 6) is -0.713. The van der Waals surface area contributed by atoms with Crippen molar-refractivity contribution in [3.63, 3.8) is 0 Å². The number of nitrogens with zero attached hydrogens (tertiary/aromatic N) is 1. The Morgan fingerprint density at radius 2 is 1.76 bits per heavy atom. The molecule has 4 nitrogen and oxygen atoms in total. The third-order valence-electron chi connectivity index (χ3n) is 3.22. The minimum Gasteiger partial charge on any atom is -0.506 e. The summed E-state index contributed by atoms with van der Waals surface area (Å²) in [6.45, 7) is 1.57. The Hall–Kier alpha value is -1.87. The Balaban J connectivity index is 2.17. The van der Waals surface area contributed by atoms with E-state index >= 15 is 0 Å². The van der Waals surface area contributed by atoms with Crippen LogP contribution in [0, 0.1) is 0 Å². The van der Waals surface area contributed by atoms with Crippen LogP contribution in [0.3, 0.4) is 0 Å². The predicted octanol–water partition coefficient (Wildman–Crippen LogP) is 5.09. The fraction of sp³-hybridized carbons (Fsp3) is 0.125. The number of phenols is 1. The standard InChI is InChI=1S/C16H11Br2F3N2O2/c1-8(12-6-11(17)7-13(18)14(12)24)22-23-15(25)9-2-4-10(5-3-9)16(19,20)21/h2-7,24H,1H3,(H,23,25). The number of carbonyl (C=O) groups is 1. The molecule has 0 atom stereocenters. The van der Waals surface area contributed by atoms with Crippen molar-refractivity contribution in [3.8, 4) is 5.75 Å². The van der Waals surface area contributed by atoms with Crippen LogP contribution in [0.15, 0.2) is 50.4 Å². The molecule has 0 spiro atoms. The smallest absolute Gasteiger partial charge is 0.416 e. The molecule has 1 amide bonds. The minimum atomic E-state index is -4.46. The number of phenolic OH excluding ortho intramolecular Hbond substituents is 1. The number of rotatable bonds is 3. The first-order valence-corrected chi connectivity index (χ1v) is 8.38. The van der Waals surface area contributed by atoms with Gasteiger partial charge in [0.1, 0.15) is 5.75 Å². The molecule has 0 saturated heterocycles. The highest BCUT2D eigenvalue weighted by molar-refractivity contribution is 9.11. The molecule has 0 radical (unpaired) electrons. The van der Waals surface area contributed by atoms with Crippen LogP contribution in [0.1, 0.15) is 28.4 Å². The summed E-state index contributed by atoms with van der Waals surface area (Å²) in [6.07, 6.45) is -4.46. The molecular formula is C16H11Br2F3N2O2. The predicted molar refractivity (Wildman–Crippen MR) is 94.6 cm³/mol. The van der Waals surface area contributed by atoms with E-state index in [1.54, 1.807) is 19.1 Å². The van der Waals surface area contributed by atoms with Crippen molar-refractivity contribution < 1.29 is 23.1 Å². The van der Waals surface area contributed by atoms with Crippen LogP contribution in [0.2, 0.25) is 0 Å². The first kappa shape index (κ1) is 19.5. The van der Waals surface area contributed by atoms with E-state index in [1.165, 1.54) is 0 Å². The van der Waals surface area contributed by atoms with Gasteiger partial charge in [0.25, 0.3) is 5.91 Å². The Morgan fingerprint density at radius 1 is 1.16 bits per heavy atom. The number of hydrogen-bond acceptors (Lipinski definition) is 3. The monoisotopic (exact) mass is 478 g/mol. The molecule has 0 unspecified atom stereocenters. The first-order valence-electron chi connectivity index (χ1n) is 6.80. The highest BCUT2D eigenvalue weighted by Gasteiger charge is 2.30. The van der Waals surface area contributed by atoms with Gasteiger partial charge in [-0.3, -0.25) is 4.79 Å². The maximum absolute atomic E-state index is 12.5.